The number of amides is 6. The Hall–Kier alpha value is -4.98. The lowest BCUT2D eigenvalue weighted by Crippen LogP contribution is -2.72. The molecule has 0 aromatic rings. The predicted molar refractivity (Wildman–Crippen MR) is 399 cm³/mol. The van der Waals surface area contributed by atoms with Gasteiger partial charge in [0.2, 0.25) is 35.4 Å². The van der Waals surface area contributed by atoms with Gasteiger partial charge in [0.25, 0.3) is 0 Å². The number of carbonyl (C=O) groups is 6. The van der Waals surface area contributed by atoms with Gasteiger partial charge in [-0.15, -0.1) is 0 Å². The van der Waals surface area contributed by atoms with Crippen molar-refractivity contribution >= 4 is 35.4 Å². The second kappa shape index (κ2) is 46.7. The lowest BCUT2D eigenvalue weighted by atomic mass is 9.93. The topological polar surface area (TPSA) is 876 Å². The van der Waals surface area contributed by atoms with Crippen LogP contribution >= 0.6 is 0 Å². The summed E-state index contributed by atoms with van der Waals surface area (Å²) in [7, 11) is 0. The van der Waals surface area contributed by atoms with E-state index in [4.69, 9.17) is 90.0 Å². The van der Waals surface area contributed by atoms with Crippen LogP contribution in [0.4, 0.5) is 0 Å². The van der Waals surface area contributed by atoms with E-state index in [2.05, 4.69) is 31.9 Å². The van der Waals surface area contributed by atoms with Crippen LogP contribution in [-0.2, 0) is 119 Å². The zero-order chi connectivity index (χ0) is 95.1. The van der Waals surface area contributed by atoms with Crippen LogP contribution in [0.3, 0.4) is 0 Å². The molecule has 10 rings (SSSR count). The molecule has 32 N–H and O–H groups in total. The van der Waals surface area contributed by atoms with E-state index in [9.17, 15) is 162 Å². The van der Waals surface area contributed by atoms with Crippen molar-refractivity contribution in [3.8, 4) is 0 Å². The number of nitrogens with one attached hydrogen (secondary N) is 6. The molecule has 10 saturated heterocycles. The van der Waals surface area contributed by atoms with E-state index in [1.165, 1.54) is 0 Å². The molecule has 57 heteroatoms. The van der Waals surface area contributed by atoms with Gasteiger partial charge >= 0.3 is 0 Å². The molecule has 744 valence electrons. The van der Waals surface area contributed by atoms with Crippen molar-refractivity contribution < 1.29 is 252 Å². The summed E-state index contributed by atoms with van der Waals surface area (Å²) >= 11 is 0. The van der Waals surface area contributed by atoms with Crippen LogP contribution in [0.15, 0.2) is 0 Å². The molecular formula is C72H120N6O51. The SMILES string of the molecule is CC(=O)N[C@H]1[C@H](O[C@H]2[C@H](O)[C@@H](NC(C)=O)C(O)O[C@@H]2CO)O[C@H](CO)[C@@H](O[C@@H]2O[C@H](CO[C@H]3O[C@H](CO)[C@@H](O)[C@H](O)[C@@H]3O[C@@H]3O[C@H](CO)[C@@H](O)[C@H](O)[C@H]3NC(C)=O)[C@@H](O)[C@H](O[C@H]3O[C@H](CO)[C@@H](O[C@@H]4O[C@H](CO)[C@@H](O[C@@H]5O[C@H](CO)[C@H](O)[C@H](O)[C@H]5O)[C@H](O)[C@H]4NC(C)=O)[C@H](O)[C@@H]3O[C@@H]3O[C@H](CO)[C@@H](O[C@@H]4O[C@H](CO)[C@H](O)[C@H](O)[C@H]4NC(C)=O)[C@H](O)[C@H]3NC(C)=O)[C@@H]2O)[C@@H]1O. The Balaban J connectivity index is 1.06. The largest absolute Gasteiger partial charge is 0.394 e. The summed E-state index contributed by atoms with van der Waals surface area (Å²) in [6, 6.07) is -11.4. The maximum atomic E-state index is 13.5. The van der Waals surface area contributed by atoms with Gasteiger partial charge in [-0.25, -0.2) is 0 Å². The Labute approximate surface area is 731 Å². The smallest absolute Gasteiger partial charge is 0.217 e. The summed E-state index contributed by atoms with van der Waals surface area (Å²) in [5, 5.41) is 308. The minimum atomic E-state index is -2.71. The van der Waals surface area contributed by atoms with Crippen molar-refractivity contribution in [3.63, 3.8) is 0 Å². The van der Waals surface area contributed by atoms with Gasteiger partial charge in [0, 0.05) is 41.5 Å². The molecule has 10 aliphatic heterocycles. The second-order valence-electron chi connectivity index (χ2n) is 32.4. The van der Waals surface area contributed by atoms with E-state index in [0.29, 0.717) is 0 Å². The average molecular weight is 1890 g/mol. The fourth-order valence-electron chi connectivity index (χ4n) is 16.8. The van der Waals surface area contributed by atoms with Gasteiger partial charge < -0.3 is 255 Å². The average Bonchev–Trinajstić information content (AvgIpc) is 0.754. The second-order valence-corrected chi connectivity index (χ2v) is 32.4. The van der Waals surface area contributed by atoms with Crippen molar-refractivity contribution in [2.75, 3.05) is 66.1 Å². The molecule has 0 spiro atoms. The Morgan fingerprint density at radius 1 is 0.202 bits per heavy atom. The molecule has 1 unspecified atom stereocenters. The molecule has 0 aliphatic carbocycles. The summed E-state index contributed by atoms with van der Waals surface area (Å²) in [5.74, 6) is -5.59. The maximum absolute atomic E-state index is 13.5. The third-order valence-corrected chi connectivity index (χ3v) is 23.3. The summed E-state index contributed by atoms with van der Waals surface area (Å²) in [6.07, 6.45) is -94.5. The van der Waals surface area contributed by atoms with Crippen LogP contribution in [0, 0.1) is 0 Å². The molecule has 10 fully saturated rings. The minimum Gasteiger partial charge on any atom is -0.394 e. The summed E-state index contributed by atoms with van der Waals surface area (Å²) in [5.41, 5.74) is 0. The van der Waals surface area contributed by atoms with Crippen molar-refractivity contribution in [2.45, 2.75) is 348 Å². The van der Waals surface area contributed by atoms with E-state index in [1.54, 1.807) is 0 Å². The number of hydrogen-bond acceptors (Lipinski definition) is 51. The zero-order valence-corrected chi connectivity index (χ0v) is 69.8. The van der Waals surface area contributed by atoms with E-state index in [-0.39, 0.29) is 0 Å². The fraction of sp³-hybridized carbons (Fsp3) is 0.917. The molecule has 0 aromatic heterocycles. The summed E-state index contributed by atoms with van der Waals surface area (Å²) in [6.45, 7) is -5.89. The van der Waals surface area contributed by atoms with Gasteiger partial charge in [0.05, 0.1) is 66.1 Å². The van der Waals surface area contributed by atoms with Crippen LogP contribution in [0.25, 0.3) is 0 Å². The molecule has 50 atom stereocenters. The molecule has 0 saturated carbocycles. The fourth-order valence-corrected chi connectivity index (χ4v) is 16.8. The van der Waals surface area contributed by atoms with Crippen LogP contribution in [0.5, 0.6) is 0 Å². The zero-order valence-electron chi connectivity index (χ0n) is 69.8. The highest BCUT2D eigenvalue weighted by Gasteiger charge is 2.63. The number of hydrogen-bond donors (Lipinski definition) is 32. The van der Waals surface area contributed by atoms with Crippen molar-refractivity contribution in [3.05, 3.63) is 0 Å². The highest BCUT2D eigenvalue weighted by atomic mass is 16.8. The van der Waals surface area contributed by atoms with Gasteiger partial charge in [-0.05, 0) is 0 Å². The van der Waals surface area contributed by atoms with E-state index in [1.807, 2.05) is 0 Å². The van der Waals surface area contributed by atoms with E-state index >= 15 is 0 Å². The first-order valence-electron chi connectivity index (χ1n) is 41.1. The highest BCUT2D eigenvalue weighted by molar-refractivity contribution is 5.75. The van der Waals surface area contributed by atoms with Crippen molar-refractivity contribution in [1.82, 2.24) is 31.9 Å². The molecule has 10 aliphatic rings. The monoisotopic (exact) mass is 1880 g/mol. The van der Waals surface area contributed by atoms with Crippen LogP contribution in [0.2, 0.25) is 0 Å². The summed E-state index contributed by atoms with van der Waals surface area (Å²) < 4.78 is 115. The molecular weight excluding hydrogens is 1760 g/mol. The molecule has 57 nitrogen and oxygen atoms in total. The van der Waals surface area contributed by atoms with E-state index < -0.39 is 408 Å². The first kappa shape index (κ1) is 106. The Morgan fingerprint density at radius 3 is 0.783 bits per heavy atom. The molecule has 10 heterocycles. The molecule has 6 amide bonds. The Morgan fingerprint density at radius 2 is 0.434 bits per heavy atom. The lowest BCUT2D eigenvalue weighted by Gasteiger charge is -2.52. The lowest BCUT2D eigenvalue weighted by molar-refractivity contribution is -0.406. The Kier molecular flexibility index (Phi) is 38.4. The predicted octanol–water partition coefficient (Wildman–Crippen LogP) is -21.9. The van der Waals surface area contributed by atoms with Gasteiger partial charge in [-0.3, -0.25) is 28.8 Å². The molecule has 0 aromatic carbocycles. The van der Waals surface area contributed by atoms with Crippen LogP contribution < -0.4 is 31.9 Å². The first-order chi connectivity index (χ1) is 61.0. The van der Waals surface area contributed by atoms with E-state index in [0.717, 1.165) is 41.5 Å². The van der Waals surface area contributed by atoms with Gasteiger partial charge in [0.1, 0.15) is 244 Å². The van der Waals surface area contributed by atoms with Crippen molar-refractivity contribution in [2.24, 2.45) is 0 Å². The summed E-state index contributed by atoms with van der Waals surface area (Å²) in [4.78, 5) is 77.2. The third kappa shape index (κ3) is 24.0. The van der Waals surface area contributed by atoms with Crippen molar-refractivity contribution in [1.29, 1.82) is 0 Å². The standard InChI is InChI=1S/C72H120N6O51/c1-17(88)73-33-46(101)55(27(11-83)112-63(33)110)122-66-36(76-20(4)91)49(104)58(30(14-86)117-66)126-70-54(109)60(43(98)32(121-70)16-111-71-61(51(106)42(97)26(10-82)116-71)128-65-35(75-19(3)90)45(100)40(95)24(8-80)114-65)127-72-62(129-68-38(78-22(6)93)47(102)56(28(12-84)119-68)123-64-34(74-18(2)89)44(99)39(94)23(7-79)113-64)53(108)59(31(15-87)120-72)124-67-37(77-21(5)92)48(103)57(29(13-85)118-67)125-69-52(107)50(105)41(96)25(9-81)115-69/h23-72,79-87,94-110H,7-16H2,1-6H3,(H,73,88)(H,74,89)(H,75,90)(H,76,91)(H,77,92)(H,78,93)/t23-,24-,25-,26-,27-,28-,29-,30-,31-,32-,33-,34-,35-,36-,37-,38-,39+,40-,41+,42-,43-,44-,45-,46-,47-,48-,49-,50+,51+,52-,53+,54+,55-,56-,57-,58-,59-,60+,61+,62+,63?,64+,65+,66+,67+,68+,69+,70+,71+,72-/m1/s1. The maximum Gasteiger partial charge on any atom is 0.217 e. The molecule has 0 radical (unpaired) electrons. The third-order valence-electron chi connectivity index (χ3n) is 23.3. The minimum absolute atomic E-state index is 0.815. The normalized spacial score (nSPS) is 47.5. The number of rotatable bonds is 34. The quantitative estimate of drug-likeness (QED) is 0.0284. The number of ether oxygens (including phenoxy) is 19. The molecule has 0 bridgehead atoms. The van der Waals surface area contributed by atoms with Gasteiger partial charge in [-0.1, -0.05) is 0 Å². The number of aliphatic hydroxyl groups is 26. The van der Waals surface area contributed by atoms with Gasteiger partial charge in [-0.2, -0.15) is 0 Å². The van der Waals surface area contributed by atoms with Gasteiger partial charge in [0.15, 0.2) is 62.9 Å². The first-order valence-corrected chi connectivity index (χ1v) is 41.1. The number of carbonyl (C=O) groups excluding carboxylic acids is 6. The number of aliphatic hydroxyl groups excluding tert-OH is 26. The highest BCUT2D eigenvalue weighted by Crippen LogP contribution is 2.42. The Bertz CT molecular complexity index is 3570. The van der Waals surface area contributed by atoms with Crippen LogP contribution in [0.1, 0.15) is 41.5 Å². The van der Waals surface area contributed by atoms with Crippen LogP contribution in [-0.4, -0.2) is 541 Å². The molecule has 129 heavy (non-hydrogen) atoms.